The molecule has 0 unspecified atom stereocenters. The van der Waals surface area contributed by atoms with E-state index in [0.717, 1.165) is 17.9 Å². The maximum absolute atomic E-state index is 5.34. The monoisotopic (exact) mass is 475 g/mol. The van der Waals surface area contributed by atoms with Gasteiger partial charge in [0.05, 0.1) is 33.6 Å². The Bertz CT molecular complexity index is 662. The Labute approximate surface area is 171 Å². The van der Waals surface area contributed by atoms with E-state index in [4.69, 9.17) is 18.6 Å². The Morgan fingerprint density at radius 1 is 1.12 bits per heavy atom. The van der Waals surface area contributed by atoms with Crippen LogP contribution in [0.15, 0.2) is 46.0 Å². The number of benzene rings is 1. The van der Waals surface area contributed by atoms with Crippen LogP contribution < -0.4 is 20.1 Å². The van der Waals surface area contributed by atoms with Crippen LogP contribution in [0.4, 0.5) is 5.69 Å². The second-order valence-electron chi connectivity index (χ2n) is 5.17. The fourth-order valence-electron chi connectivity index (χ4n) is 2.20. The van der Waals surface area contributed by atoms with E-state index in [1.54, 1.807) is 27.6 Å². The molecule has 0 aliphatic heterocycles. The standard InChI is InChI=1S/C18H25N3O4.HI/c1-22-12-10-20-18(19-9-8-15-5-4-11-25-15)21-14-6-7-16(23-2)17(13-14)24-3;/h4-7,11,13H,8-10,12H2,1-3H3,(H2,19,20,21);1H. The van der Waals surface area contributed by atoms with E-state index in [-0.39, 0.29) is 24.0 Å². The first kappa shape index (κ1) is 22.1. The second-order valence-corrected chi connectivity index (χ2v) is 5.17. The van der Waals surface area contributed by atoms with Gasteiger partial charge < -0.3 is 29.3 Å². The summed E-state index contributed by atoms with van der Waals surface area (Å²) in [6.45, 7) is 1.80. The Kier molecular flexibility index (Phi) is 10.6. The molecule has 0 fully saturated rings. The van der Waals surface area contributed by atoms with Crippen molar-refractivity contribution < 1.29 is 18.6 Å². The lowest BCUT2D eigenvalue weighted by molar-refractivity contribution is 0.208. The van der Waals surface area contributed by atoms with Gasteiger partial charge in [0.25, 0.3) is 0 Å². The zero-order valence-electron chi connectivity index (χ0n) is 15.3. The Morgan fingerprint density at radius 3 is 2.58 bits per heavy atom. The predicted octanol–water partition coefficient (Wildman–Crippen LogP) is 3.16. The van der Waals surface area contributed by atoms with Gasteiger partial charge >= 0.3 is 0 Å². The first-order valence-electron chi connectivity index (χ1n) is 8.05. The maximum Gasteiger partial charge on any atom is 0.195 e. The number of nitrogens with one attached hydrogen (secondary N) is 2. The highest BCUT2D eigenvalue weighted by Crippen LogP contribution is 2.29. The van der Waals surface area contributed by atoms with Crippen molar-refractivity contribution in [3.63, 3.8) is 0 Å². The molecule has 8 heteroatoms. The van der Waals surface area contributed by atoms with Crippen molar-refractivity contribution in [2.45, 2.75) is 6.42 Å². The number of rotatable bonds is 9. The molecule has 1 aromatic carbocycles. The molecule has 26 heavy (non-hydrogen) atoms. The molecule has 0 radical (unpaired) electrons. The van der Waals surface area contributed by atoms with Gasteiger partial charge in [-0.15, -0.1) is 24.0 Å². The number of methoxy groups -OCH3 is 3. The average molecular weight is 475 g/mol. The summed E-state index contributed by atoms with van der Waals surface area (Å²) in [4.78, 5) is 4.49. The molecule has 0 amide bonds. The minimum atomic E-state index is 0. The van der Waals surface area contributed by atoms with Crippen LogP contribution in [0, 0.1) is 0 Å². The number of halogens is 1. The van der Waals surface area contributed by atoms with Gasteiger partial charge in [0.2, 0.25) is 0 Å². The van der Waals surface area contributed by atoms with Crippen molar-refractivity contribution in [3.05, 3.63) is 42.4 Å². The summed E-state index contributed by atoms with van der Waals surface area (Å²) in [5.41, 5.74) is 0.847. The van der Waals surface area contributed by atoms with Gasteiger partial charge in [-0.1, -0.05) is 0 Å². The lowest BCUT2D eigenvalue weighted by atomic mass is 10.2. The molecule has 1 aromatic heterocycles. The third-order valence-corrected chi connectivity index (χ3v) is 3.46. The zero-order chi connectivity index (χ0) is 17.9. The lowest BCUT2D eigenvalue weighted by Crippen LogP contribution is -2.32. The first-order valence-corrected chi connectivity index (χ1v) is 8.05. The molecule has 0 saturated carbocycles. The largest absolute Gasteiger partial charge is 0.493 e. The van der Waals surface area contributed by atoms with Gasteiger partial charge in [0.15, 0.2) is 17.5 Å². The van der Waals surface area contributed by atoms with E-state index in [2.05, 4.69) is 15.6 Å². The van der Waals surface area contributed by atoms with Gasteiger partial charge in [0.1, 0.15) is 5.76 Å². The van der Waals surface area contributed by atoms with E-state index in [1.807, 2.05) is 30.3 Å². The summed E-state index contributed by atoms with van der Waals surface area (Å²) in [5.74, 6) is 2.92. The smallest absolute Gasteiger partial charge is 0.195 e. The molecule has 2 rings (SSSR count). The van der Waals surface area contributed by atoms with Crippen molar-refractivity contribution in [2.24, 2.45) is 4.99 Å². The molecule has 0 saturated heterocycles. The fourth-order valence-corrected chi connectivity index (χ4v) is 2.20. The number of ether oxygens (including phenoxy) is 3. The van der Waals surface area contributed by atoms with Gasteiger partial charge in [-0.25, -0.2) is 0 Å². The second kappa shape index (κ2) is 12.4. The van der Waals surface area contributed by atoms with Crippen LogP contribution in [0.2, 0.25) is 0 Å². The molecule has 0 spiro atoms. The molecule has 0 aliphatic carbocycles. The molecule has 144 valence electrons. The molecular formula is C18H26IN3O4. The minimum absolute atomic E-state index is 0. The van der Waals surface area contributed by atoms with Crippen LogP contribution in [0.3, 0.4) is 0 Å². The number of hydrogen-bond donors (Lipinski definition) is 2. The molecule has 0 bridgehead atoms. The van der Waals surface area contributed by atoms with Gasteiger partial charge in [-0.2, -0.15) is 0 Å². The summed E-state index contributed by atoms with van der Waals surface area (Å²) in [6, 6.07) is 9.44. The van der Waals surface area contributed by atoms with Crippen LogP contribution >= 0.6 is 24.0 Å². The van der Waals surface area contributed by atoms with Gasteiger partial charge in [0, 0.05) is 31.8 Å². The Morgan fingerprint density at radius 2 is 1.92 bits per heavy atom. The SMILES string of the molecule is COCCN=C(NCCc1ccco1)Nc1ccc(OC)c(OC)c1.I. The summed E-state index contributed by atoms with van der Waals surface area (Å²) in [6.07, 6.45) is 2.44. The molecule has 1 heterocycles. The van der Waals surface area contributed by atoms with Crippen LogP contribution in [0.25, 0.3) is 0 Å². The van der Waals surface area contributed by atoms with Crippen LogP contribution in [0.1, 0.15) is 5.76 Å². The van der Waals surface area contributed by atoms with E-state index in [0.29, 0.717) is 37.2 Å². The number of hydrogen-bond acceptors (Lipinski definition) is 5. The van der Waals surface area contributed by atoms with E-state index >= 15 is 0 Å². The quantitative estimate of drug-likeness (QED) is 0.251. The average Bonchev–Trinajstić information content (AvgIpc) is 3.15. The molecule has 7 nitrogen and oxygen atoms in total. The van der Waals surface area contributed by atoms with E-state index in [9.17, 15) is 0 Å². The van der Waals surface area contributed by atoms with Crippen molar-refractivity contribution in [1.29, 1.82) is 0 Å². The van der Waals surface area contributed by atoms with Crippen molar-refractivity contribution in [2.75, 3.05) is 46.3 Å². The zero-order valence-corrected chi connectivity index (χ0v) is 17.6. The highest BCUT2D eigenvalue weighted by atomic mass is 127. The van der Waals surface area contributed by atoms with Crippen LogP contribution in [-0.2, 0) is 11.2 Å². The fraction of sp³-hybridized carbons (Fsp3) is 0.389. The normalized spacial score (nSPS) is 10.8. The lowest BCUT2D eigenvalue weighted by Gasteiger charge is -2.14. The Balaban J connectivity index is 0.00000338. The summed E-state index contributed by atoms with van der Waals surface area (Å²) < 4.78 is 21.0. The molecular weight excluding hydrogens is 449 g/mol. The number of guanidine groups is 1. The number of anilines is 1. The first-order chi connectivity index (χ1) is 12.3. The summed E-state index contributed by atoms with van der Waals surface area (Å²) >= 11 is 0. The van der Waals surface area contributed by atoms with E-state index in [1.165, 1.54) is 0 Å². The molecule has 0 aliphatic rings. The molecule has 2 aromatic rings. The number of furan rings is 1. The van der Waals surface area contributed by atoms with Crippen LogP contribution in [-0.4, -0.2) is 47.0 Å². The minimum Gasteiger partial charge on any atom is -0.493 e. The summed E-state index contributed by atoms with van der Waals surface area (Å²) in [5, 5.41) is 6.54. The third-order valence-electron chi connectivity index (χ3n) is 3.46. The maximum atomic E-state index is 5.34. The van der Waals surface area contributed by atoms with Gasteiger partial charge in [-0.3, -0.25) is 4.99 Å². The topological polar surface area (TPSA) is 77.2 Å². The van der Waals surface area contributed by atoms with E-state index < -0.39 is 0 Å². The highest BCUT2D eigenvalue weighted by Gasteiger charge is 2.07. The highest BCUT2D eigenvalue weighted by molar-refractivity contribution is 14.0. The third kappa shape index (κ3) is 7.12. The van der Waals surface area contributed by atoms with Crippen LogP contribution in [0.5, 0.6) is 11.5 Å². The van der Waals surface area contributed by atoms with Crippen molar-refractivity contribution in [3.8, 4) is 11.5 Å². The molecule has 0 atom stereocenters. The number of nitrogens with zero attached hydrogens (tertiary/aromatic N) is 1. The number of aliphatic imine (C=N–C) groups is 1. The Hall–Kier alpha value is -1.94. The summed E-state index contributed by atoms with van der Waals surface area (Å²) in [7, 11) is 4.87. The molecule has 2 N–H and O–H groups in total. The van der Waals surface area contributed by atoms with Crippen molar-refractivity contribution in [1.82, 2.24) is 5.32 Å². The van der Waals surface area contributed by atoms with Gasteiger partial charge in [-0.05, 0) is 24.3 Å². The predicted molar refractivity (Wildman–Crippen MR) is 113 cm³/mol. The van der Waals surface area contributed by atoms with Crippen molar-refractivity contribution >= 4 is 35.6 Å².